The van der Waals surface area contributed by atoms with Gasteiger partial charge in [-0.05, 0) is 36.8 Å². The second-order valence-corrected chi connectivity index (χ2v) is 6.28. The highest BCUT2D eigenvalue weighted by Gasteiger charge is 2.41. The first kappa shape index (κ1) is 19.1. The Kier molecular flexibility index (Phi) is 6.97. The molecule has 0 bridgehead atoms. The van der Waals surface area contributed by atoms with Gasteiger partial charge in [-0.1, -0.05) is 0 Å². The van der Waals surface area contributed by atoms with E-state index in [-0.39, 0.29) is 24.0 Å². The Morgan fingerprint density at radius 1 is 1.29 bits per heavy atom. The van der Waals surface area contributed by atoms with E-state index in [1.54, 1.807) is 7.11 Å². The van der Waals surface area contributed by atoms with Crippen molar-refractivity contribution in [3.05, 3.63) is 18.2 Å². The molecule has 0 atom stereocenters. The van der Waals surface area contributed by atoms with Gasteiger partial charge in [0.25, 0.3) is 0 Å². The molecule has 3 rings (SSSR count). The smallest absolute Gasteiger partial charge is 0.193 e. The molecular weight excluding hydrogens is 421 g/mol. The van der Waals surface area contributed by atoms with Crippen LogP contribution in [0, 0.1) is 5.41 Å². The van der Waals surface area contributed by atoms with Gasteiger partial charge in [-0.2, -0.15) is 0 Å². The second-order valence-electron chi connectivity index (χ2n) is 6.28. The third-order valence-corrected chi connectivity index (χ3v) is 4.40. The van der Waals surface area contributed by atoms with Crippen molar-refractivity contribution >= 4 is 35.6 Å². The van der Waals surface area contributed by atoms with Gasteiger partial charge in [-0.25, -0.2) is 0 Å². The second kappa shape index (κ2) is 8.75. The van der Waals surface area contributed by atoms with E-state index in [2.05, 4.69) is 10.3 Å². The highest BCUT2D eigenvalue weighted by atomic mass is 127. The Balaban J connectivity index is 0.00000208. The van der Waals surface area contributed by atoms with Crippen LogP contribution in [0.25, 0.3) is 0 Å². The molecule has 1 aromatic rings. The topological polar surface area (TPSA) is 78.1 Å². The average Bonchev–Trinajstić information content (AvgIpc) is 3.35. The number of methoxy groups -OCH3 is 1. The van der Waals surface area contributed by atoms with Crippen LogP contribution >= 0.6 is 24.0 Å². The monoisotopic (exact) mass is 447 g/mol. The Hall–Kier alpha value is -1.22. The number of anilines is 1. The lowest BCUT2D eigenvalue weighted by molar-refractivity contribution is 0.174. The van der Waals surface area contributed by atoms with E-state index in [1.165, 1.54) is 12.8 Å². The molecule has 1 fully saturated rings. The molecule has 2 aliphatic rings. The molecule has 134 valence electrons. The summed E-state index contributed by atoms with van der Waals surface area (Å²) in [4.78, 5) is 4.49. The summed E-state index contributed by atoms with van der Waals surface area (Å²) < 4.78 is 16.5. The molecule has 0 saturated heterocycles. The average molecular weight is 447 g/mol. The van der Waals surface area contributed by atoms with Crippen LogP contribution in [0.3, 0.4) is 0 Å². The summed E-state index contributed by atoms with van der Waals surface area (Å²) in [6.45, 7) is 2.89. The van der Waals surface area contributed by atoms with Crippen LogP contribution in [-0.2, 0) is 4.74 Å². The molecule has 0 aromatic heterocycles. The normalized spacial score (nSPS) is 18.3. The summed E-state index contributed by atoms with van der Waals surface area (Å²) in [5, 5.41) is 3.13. The molecule has 0 radical (unpaired) electrons. The van der Waals surface area contributed by atoms with Crippen molar-refractivity contribution in [3.63, 3.8) is 0 Å². The minimum absolute atomic E-state index is 0. The molecule has 1 aliphatic carbocycles. The number of hydrogen-bond acceptors (Lipinski definition) is 4. The van der Waals surface area contributed by atoms with Gasteiger partial charge in [-0.3, -0.25) is 4.99 Å². The van der Waals surface area contributed by atoms with Crippen molar-refractivity contribution in [2.24, 2.45) is 16.1 Å². The van der Waals surface area contributed by atoms with Gasteiger partial charge in [0.1, 0.15) is 0 Å². The molecular formula is C17H26IN3O3. The Morgan fingerprint density at radius 2 is 2.04 bits per heavy atom. The summed E-state index contributed by atoms with van der Waals surface area (Å²) in [6.07, 6.45) is 4.35. The lowest BCUT2D eigenvalue weighted by Crippen LogP contribution is -2.24. The van der Waals surface area contributed by atoms with Crippen LogP contribution in [0.1, 0.15) is 25.7 Å². The van der Waals surface area contributed by atoms with Crippen molar-refractivity contribution in [1.82, 2.24) is 0 Å². The maximum Gasteiger partial charge on any atom is 0.193 e. The fraction of sp³-hybridized carbons (Fsp3) is 0.588. The predicted octanol–water partition coefficient (Wildman–Crippen LogP) is 3.01. The first-order valence-electron chi connectivity index (χ1n) is 8.16. The van der Waals surface area contributed by atoms with Crippen molar-refractivity contribution in [3.8, 4) is 11.5 Å². The highest BCUT2D eigenvalue weighted by molar-refractivity contribution is 14.0. The van der Waals surface area contributed by atoms with E-state index in [9.17, 15) is 0 Å². The van der Waals surface area contributed by atoms with E-state index in [4.69, 9.17) is 19.9 Å². The highest BCUT2D eigenvalue weighted by Crippen LogP contribution is 2.48. The molecule has 0 unspecified atom stereocenters. The number of ether oxygens (including phenoxy) is 3. The zero-order valence-corrected chi connectivity index (χ0v) is 16.4. The molecule has 1 aliphatic heterocycles. The molecule has 1 saturated carbocycles. The van der Waals surface area contributed by atoms with Crippen molar-refractivity contribution in [2.45, 2.75) is 25.7 Å². The van der Waals surface area contributed by atoms with Gasteiger partial charge in [0.2, 0.25) is 0 Å². The third kappa shape index (κ3) is 5.14. The van der Waals surface area contributed by atoms with E-state index in [0.29, 0.717) is 24.6 Å². The molecule has 1 aromatic carbocycles. The van der Waals surface area contributed by atoms with E-state index < -0.39 is 0 Å². The minimum atomic E-state index is 0. The van der Waals surface area contributed by atoms with E-state index in [1.807, 2.05) is 18.2 Å². The standard InChI is InChI=1S/C17H25N3O3.HI/c1-21-10-7-17(5-6-17)12-19-16(18)20-13-3-4-14-15(11-13)23-9-2-8-22-14;/h3-4,11H,2,5-10,12H2,1H3,(H3,18,19,20);1H. The van der Waals surface area contributed by atoms with Crippen LogP contribution in [0.5, 0.6) is 11.5 Å². The number of nitrogens with zero attached hydrogens (tertiary/aromatic N) is 1. The van der Waals surface area contributed by atoms with Crippen LogP contribution in [-0.4, -0.2) is 39.4 Å². The first-order valence-corrected chi connectivity index (χ1v) is 8.16. The number of hydrogen-bond donors (Lipinski definition) is 2. The molecule has 0 amide bonds. The summed E-state index contributed by atoms with van der Waals surface area (Å²) in [6, 6.07) is 5.73. The summed E-state index contributed by atoms with van der Waals surface area (Å²) in [7, 11) is 1.74. The van der Waals surface area contributed by atoms with Crippen LogP contribution in [0.2, 0.25) is 0 Å². The van der Waals surface area contributed by atoms with Gasteiger partial charge in [0.05, 0.1) is 13.2 Å². The van der Waals surface area contributed by atoms with Gasteiger partial charge >= 0.3 is 0 Å². The van der Waals surface area contributed by atoms with Gasteiger partial charge in [0, 0.05) is 38.4 Å². The lowest BCUT2D eigenvalue weighted by Gasteiger charge is -2.13. The zero-order valence-electron chi connectivity index (χ0n) is 14.0. The molecule has 0 spiro atoms. The first-order chi connectivity index (χ1) is 11.2. The number of rotatable bonds is 6. The summed E-state index contributed by atoms with van der Waals surface area (Å²) >= 11 is 0. The number of nitrogens with two attached hydrogens (primary N) is 1. The van der Waals surface area contributed by atoms with E-state index in [0.717, 1.165) is 43.2 Å². The lowest BCUT2D eigenvalue weighted by atomic mass is 10.0. The van der Waals surface area contributed by atoms with Gasteiger partial charge < -0.3 is 25.3 Å². The van der Waals surface area contributed by atoms with Crippen LogP contribution in [0.15, 0.2) is 23.2 Å². The van der Waals surface area contributed by atoms with Gasteiger partial charge in [-0.15, -0.1) is 24.0 Å². The predicted molar refractivity (Wildman–Crippen MR) is 106 cm³/mol. The molecule has 3 N–H and O–H groups in total. The molecule has 1 heterocycles. The largest absolute Gasteiger partial charge is 0.490 e. The van der Waals surface area contributed by atoms with Gasteiger partial charge in [0.15, 0.2) is 17.5 Å². The fourth-order valence-corrected chi connectivity index (χ4v) is 2.66. The number of fused-ring (bicyclic) bond motifs is 1. The number of benzene rings is 1. The number of guanidine groups is 1. The minimum Gasteiger partial charge on any atom is -0.490 e. The van der Waals surface area contributed by atoms with Crippen LogP contribution < -0.4 is 20.5 Å². The Bertz CT molecular complexity index is 576. The maximum atomic E-state index is 6.01. The SMILES string of the molecule is COCCC1(CN=C(N)Nc2ccc3c(c2)OCCCO3)CC1.I. The van der Waals surface area contributed by atoms with Crippen molar-refractivity contribution in [1.29, 1.82) is 0 Å². The fourth-order valence-electron chi connectivity index (χ4n) is 2.66. The molecule has 6 nitrogen and oxygen atoms in total. The summed E-state index contributed by atoms with van der Waals surface area (Å²) in [5.41, 5.74) is 7.17. The van der Waals surface area contributed by atoms with Crippen molar-refractivity contribution < 1.29 is 14.2 Å². The van der Waals surface area contributed by atoms with Crippen LogP contribution in [0.4, 0.5) is 5.69 Å². The summed E-state index contributed by atoms with van der Waals surface area (Å²) in [5.74, 6) is 1.96. The maximum absolute atomic E-state index is 6.01. The number of aliphatic imine (C=N–C) groups is 1. The Labute approximate surface area is 160 Å². The van der Waals surface area contributed by atoms with Crippen molar-refractivity contribution in [2.75, 3.05) is 38.8 Å². The molecule has 24 heavy (non-hydrogen) atoms. The third-order valence-electron chi connectivity index (χ3n) is 4.40. The number of nitrogens with one attached hydrogen (secondary N) is 1. The zero-order chi connectivity index (χ0) is 16.1. The Morgan fingerprint density at radius 3 is 2.75 bits per heavy atom. The quantitative estimate of drug-likeness (QED) is 0.398. The number of halogens is 1. The van der Waals surface area contributed by atoms with E-state index >= 15 is 0 Å². The molecule has 7 heteroatoms.